The number of phenolic OH excluding ortho intramolecular Hbond substituents is 1. The lowest BCUT2D eigenvalue weighted by atomic mass is 10.0. The molecule has 1 aliphatic heterocycles. The van der Waals surface area contributed by atoms with Gasteiger partial charge in [0, 0.05) is 10.9 Å². The normalized spacial score (nSPS) is 21.7. The van der Waals surface area contributed by atoms with Crippen molar-refractivity contribution in [3.63, 3.8) is 0 Å². The molecule has 0 unspecified atom stereocenters. The second-order valence-electron chi connectivity index (χ2n) is 6.59. The number of aryl methyl sites for hydroxylation is 1. The molecule has 0 bridgehead atoms. The number of benzene rings is 1. The Labute approximate surface area is 140 Å². The van der Waals surface area contributed by atoms with Crippen LogP contribution in [0.2, 0.25) is 5.02 Å². The highest BCUT2D eigenvalue weighted by molar-refractivity contribution is 6.33. The Hall–Kier alpha value is -1.56. The van der Waals surface area contributed by atoms with Crippen LogP contribution >= 0.6 is 11.6 Å². The predicted molar refractivity (Wildman–Crippen MR) is 89.7 cm³/mol. The first-order valence-electron chi connectivity index (χ1n) is 7.97. The summed E-state index contributed by atoms with van der Waals surface area (Å²) in [7, 11) is 2.19. The smallest absolute Gasteiger partial charge is 0.339 e. The van der Waals surface area contributed by atoms with Crippen LogP contribution in [0.3, 0.4) is 0 Å². The first kappa shape index (κ1) is 16.3. The molecule has 124 valence electrons. The summed E-state index contributed by atoms with van der Waals surface area (Å²) in [4.78, 5) is 14.9. The van der Waals surface area contributed by atoms with Crippen LogP contribution in [-0.2, 0) is 6.54 Å². The first-order valence-corrected chi connectivity index (χ1v) is 8.35. The number of hydrogen-bond donors (Lipinski definition) is 3. The quantitative estimate of drug-likeness (QED) is 0.658. The van der Waals surface area contributed by atoms with Gasteiger partial charge in [-0.05, 0) is 25.5 Å². The average Bonchev–Trinajstić information content (AvgIpc) is 2.53. The Bertz CT molecular complexity index is 808. The maximum absolute atomic E-state index is 12.0. The lowest BCUT2D eigenvalue weighted by molar-refractivity contribution is -1.01. The summed E-state index contributed by atoms with van der Waals surface area (Å²) in [6.07, 6.45) is 0. The zero-order chi connectivity index (χ0) is 16.7. The van der Waals surface area contributed by atoms with Gasteiger partial charge in [0.2, 0.25) is 0 Å². The summed E-state index contributed by atoms with van der Waals surface area (Å²) in [5.41, 5.74) is 2.20. The minimum absolute atomic E-state index is 0.0318. The zero-order valence-electron chi connectivity index (χ0n) is 13.8. The molecule has 1 aromatic carbocycles. The van der Waals surface area contributed by atoms with Gasteiger partial charge in [-0.25, -0.2) is 4.79 Å². The Morgan fingerprint density at radius 3 is 2.52 bits per heavy atom. The average molecular weight is 339 g/mol. The molecule has 6 heteroatoms. The summed E-state index contributed by atoms with van der Waals surface area (Å²) in [6, 6.07) is 1.68. The van der Waals surface area contributed by atoms with Gasteiger partial charge in [-0.2, -0.15) is 0 Å². The maximum Gasteiger partial charge on any atom is 0.339 e. The lowest BCUT2D eigenvalue weighted by Gasteiger charge is -2.27. The topological polar surface area (TPSA) is 59.3 Å². The van der Waals surface area contributed by atoms with E-state index in [0.717, 1.165) is 37.1 Å². The van der Waals surface area contributed by atoms with Gasteiger partial charge in [0.05, 0.1) is 17.6 Å². The third-order valence-corrected chi connectivity index (χ3v) is 5.29. The third kappa shape index (κ3) is 2.96. The molecule has 1 saturated heterocycles. The number of aromatic hydroxyl groups is 1. The van der Waals surface area contributed by atoms with E-state index in [1.807, 2.05) is 6.92 Å². The van der Waals surface area contributed by atoms with Crippen LogP contribution in [0.15, 0.2) is 15.3 Å². The van der Waals surface area contributed by atoms with Gasteiger partial charge in [-0.3, -0.25) is 0 Å². The van der Waals surface area contributed by atoms with Crippen LogP contribution in [0.25, 0.3) is 11.0 Å². The van der Waals surface area contributed by atoms with Gasteiger partial charge in [0.15, 0.2) is 5.58 Å². The molecule has 0 aliphatic carbocycles. The standard InChI is InChI=1S/C17H21ClN2O3/c1-10-11(2)17(22)23-16-12(10)8-14(18)15(21)13(16)9-20-6-4-19(3)5-7-20/h8,21H,4-7,9H2,1-3H3/p+2. The lowest BCUT2D eigenvalue weighted by Crippen LogP contribution is -3.26. The fourth-order valence-electron chi connectivity index (χ4n) is 3.22. The summed E-state index contributed by atoms with van der Waals surface area (Å²) in [6.45, 7) is 8.48. The molecule has 0 atom stereocenters. The van der Waals surface area contributed by atoms with E-state index in [9.17, 15) is 9.90 Å². The van der Waals surface area contributed by atoms with Gasteiger partial charge in [0.25, 0.3) is 0 Å². The number of rotatable bonds is 2. The second-order valence-corrected chi connectivity index (χ2v) is 6.99. The highest BCUT2D eigenvalue weighted by Gasteiger charge is 2.25. The Kier molecular flexibility index (Phi) is 4.36. The predicted octanol–water partition coefficient (Wildman–Crippen LogP) is -0.318. The third-order valence-electron chi connectivity index (χ3n) is 5.01. The summed E-state index contributed by atoms with van der Waals surface area (Å²) >= 11 is 6.21. The van der Waals surface area contributed by atoms with Crippen molar-refractivity contribution in [2.24, 2.45) is 0 Å². The van der Waals surface area contributed by atoms with Crippen LogP contribution in [0, 0.1) is 13.8 Å². The number of phenols is 1. The van der Waals surface area contributed by atoms with Crippen molar-refractivity contribution < 1.29 is 19.3 Å². The van der Waals surface area contributed by atoms with Crippen molar-refractivity contribution >= 4 is 22.6 Å². The highest BCUT2D eigenvalue weighted by atomic mass is 35.5. The first-order chi connectivity index (χ1) is 10.9. The monoisotopic (exact) mass is 338 g/mol. The molecule has 0 amide bonds. The number of piperazine rings is 1. The molecule has 0 saturated carbocycles. The largest absolute Gasteiger partial charge is 0.506 e. The van der Waals surface area contributed by atoms with Gasteiger partial charge in [-0.1, -0.05) is 11.6 Å². The Morgan fingerprint density at radius 2 is 1.87 bits per heavy atom. The summed E-state index contributed by atoms with van der Waals surface area (Å²) < 4.78 is 5.51. The number of nitrogens with one attached hydrogen (secondary N) is 2. The van der Waals surface area contributed by atoms with Crippen LogP contribution in [-0.4, -0.2) is 38.3 Å². The molecular weight excluding hydrogens is 316 g/mol. The van der Waals surface area contributed by atoms with E-state index in [1.54, 1.807) is 13.0 Å². The molecule has 1 aliphatic rings. The molecule has 2 aromatic rings. The summed E-state index contributed by atoms with van der Waals surface area (Å²) in [5.74, 6) is 0.0318. The van der Waals surface area contributed by atoms with Gasteiger partial charge in [0.1, 0.15) is 38.5 Å². The van der Waals surface area contributed by atoms with E-state index in [-0.39, 0.29) is 11.4 Å². The molecule has 1 aromatic heterocycles. The van der Waals surface area contributed by atoms with E-state index < -0.39 is 0 Å². The van der Waals surface area contributed by atoms with Crippen molar-refractivity contribution in [1.82, 2.24) is 0 Å². The fourth-order valence-corrected chi connectivity index (χ4v) is 3.44. The number of quaternary nitrogens is 2. The number of fused-ring (bicyclic) bond motifs is 1. The fraction of sp³-hybridized carbons (Fsp3) is 0.471. The van der Waals surface area contributed by atoms with E-state index in [4.69, 9.17) is 16.0 Å². The molecule has 0 spiro atoms. The maximum atomic E-state index is 12.0. The Morgan fingerprint density at radius 1 is 1.22 bits per heavy atom. The van der Waals surface area contributed by atoms with E-state index in [0.29, 0.717) is 28.3 Å². The van der Waals surface area contributed by atoms with E-state index in [1.165, 1.54) is 9.80 Å². The van der Waals surface area contributed by atoms with Crippen LogP contribution < -0.4 is 15.4 Å². The molecule has 23 heavy (non-hydrogen) atoms. The van der Waals surface area contributed by atoms with Gasteiger partial charge >= 0.3 is 5.63 Å². The number of halogens is 1. The van der Waals surface area contributed by atoms with Crippen molar-refractivity contribution in [3.8, 4) is 5.75 Å². The SMILES string of the molecule is Cc1c(C)c2cc(Cl)c(O)c(C[NH+]3CC[NH+](C)CC3)c2oc1=O. The number of hydrogen-bond acceptors (Lipinski definition) is 3. The molecular formula is C17H23ClN2O3+2. The zero-order valence-corrected chi connectivity index (χ0v) is 14.5. The number of likely N-dealkylation sites (N-methyl/N-ethyl adjacent to an activating group) is 1. The van der Waals surface area contributed by atoms with Crippen LogP contribution in [0.5, 0.6) is 5.75 Å². The minimum atomic E-state index is -0.351. The van der Waals surface area contributed by atoms with Crippen molar-refractivity contribution in [3.05, 3.63) is 38.2 Å². The van der Waals surface area contributed by atoms with Crippen molar-refractivity contribution in [2.45, 2.75) is 20.4 Å². The van der Waals surface area contributed by atoms with Crippen LogP contribution in [0.4, 0.5) is 0 Å². The highest BCUT2D eigenvalue weighted by Crippen LogP contribution is 2.35. The second kappa shape index (κ2) is 6.15. The van der Waals surface area contributed by atoms with Crippen molar-refractivity contribution in [2.75, 3.05) is 33.2 Å². The van der Waals surface area contributed by atoms with Gasteiger partial charge in [-0.15, -0.1) is 0 Å². The molecule has 3 rings (SSSR count). The van der Waals surface area contributed by atoms with Crippen molar-refractivity contribution in [1.29, 1.82) is 0 Å². The molecule has 5 nitrogen and oxygen atoms in total. The van der Waals surface area contributed by atoms with E-state index in [2.05, 4.69) is 7.05 Å². The molecule has 1 fully saturated rings. The molecule has 2 heterocycles. The molecule has 3 N–H and O–H groups in total. The summed E-state index contributed by atoms with van der Waals surface area (Å²) in [5, 5.41) is 11.5. The van der Waals surface area contributed by atoms with E-state index >= 15 is 0 Å². The van der Waals surface area contributed by atoms with Gasteiger partial charge < -0.3 is 19.3 Å². The Balaban J connectivity index is 2.11. The minimum Gasteiger partial charge on any atom is -0.506 e. The van der Waals surface area contributed by atoms with Crippen LogP contribution in [0.1, 0.15) is 16.7 Å². The molecule has 0 radical (unpaired) electrons.